The average Bonchev–Trinajstić information content (AvgIpc) is 3.49. The van der Waals surface area contributed by atoms with Gasteiger partial charge in [0.05, 0.1) is 52.9 Å². The van der Waals surface area contributed by atoms with Crippen LogP contribution >= 0.6 is 23.2 Å². The molecule has 2 amide bonds. The fourth-order valence-electron chi connectivity index (χ4n) is 5.36. The van der Waals surface area contributed by atoms with Crippen molar-refractivity contribution >= 4 is 46.5 Å². The second-order valence-electron chi connectivity index (χ2n) is 12.6. The van der Waals surface area contributed by atoms with Crippen LogP contribution in [0.2, 0.25) is 10.0 Å². The number of carbonyl (C=O) groups excluding carboxylic acids is 1. The topological polar surface area (TPSA) is 177 Å². The van der Waals surface area contributed by atoms with E-state index < -0.39 is 11.4 Å². The van der Waals surface area contributed by atoms with E-state index in [4.69, 9.17) is 44.2 Å². The van der Waals surface area contributed by atoms with E-state index in [2.05, 4.69) is 21.0 Å². The van der Waals surface area contributed by atoms with Gasteiger partial charge in [-0.2, -0.15) is 5.10 Å². The van der Waals surface area contributed by atoms with Crippen LogP contribution in [-0.2, 0) is 6.54 Å². The molecule has 2 heterocycles. The molecular formula is C35H39Cl2N9O3. The van der Waals surface area contributed by atoms with Gasteiger partial charge in [0.15, 0.2) is 0 Å². The molecule has 0 spiro atoms. The molecule has 1 aliphatic rings. The predicted octanol–water partition coefficient (Wildman–Crippen LogP) is 6.61. The molecular weight excluding hydrogens is 665 g/mol. The second kappa shape index (κ2) is 15.1. The van der Waals surface area contributed by atoms with Crippen molar-refractivity contribution in [1.29, 1.82) is 16.2 Å². The highest BCUT2D eigenvalue weighted by Gasteiger charge is 2.30. The molecule has 5 rings (SSSR count). The van der Waals surface area contributed by atoms with E-state index in [9.17, 15) is 9.90 Å². The predicted molar refractivity (Wildman–Crippen MR) is 191 cm³/mol. The van der Waals surface area contributed by atoms with Crippen molar-refractivity contribution < 1.29 is 14.6 Å². The smallest absolute Gasteiger partial charge is 0.320 e. The third-order valence-corrected chi connectivity index (χ3v) is 8.60. The zero-order valence-electron chi connectivity index (χ0n) is 27.3. The van der Waals surface area contributed by atoms with Gasteiger partial charge in [-0.15, -0.1) is 0 Å². The Bertz CT molecular complexity index is 1940. The summed E-state index contributed by atoms with van der Waals surface area (Å²) in [6.07, 6.45) is 7.25. The lowest BCUT2D eigenvalue weighted by atomic mass is 9.85. The number of anilines is 1. The van der Waals surface area contributed by atoms with Crippen molar-refractivity contribution in [2.45, 2.75) is 52.3 Å². The fraction of sp³-hybridized carbons (Fsp3) is 0.286. The number of ether oxygens (including phenoxy) is 1. The Morgan fingerprint density at radius 3 is 2.45 bits per heavy atom. The Hall–Kier alpha value is -4.91. The number of amides is 2. The molecule has 7 N–H and O–H groups in total. The van der Waals surface area contributed by atoms with Gasteiger partial charge in [0.25, 0.3) is 0 Å². The summed E-state index contributed by atoms with van der Waals surface area (Å²) in [5.74, 6) is 0.711. The quantitative estimate of drug-likeness (QED) is 0.0725. The summed E-state index contributed by atoms with van der Waals surface area (Å²) < 4.78 is 9.38. The first kappa shape index (κ1) is 35.4. The summed E-state index contributed by atoms with van der Waals surface area (Å²) in [6, 6.07) is 15.2. The van der Waals surface area contributed by atoms with Crippen LogP contribution in [0.3, 0.4) is 0 Å². The number of aliphatic hydroxyl groups excluding tert-OH is 1. The van der Waals surface area contributed by atoms with E-state index in [1.54, 1.807) is 59.7 Å². The van der Waals surface area contributed by atoms with Crippen molar-refractivity contribution in [3.63, 3.8) is 0 Å². The third-order valence-electron chi connectivity index (χ3n) is 7.97. The minimum atomic E-state index is -0.453. The lowest BCUT2D eigenvalue weighted by Gasteiger charge is -2.32. The Morgan fingerprint density at radius 2 is 1.76 bits per heavy atom. The number of urea groups is 1. The molecule has 0 saturated carbocycles. The molecule has 256 valence electrons. The molecule has 1 aliphatic carbocycles. The zero-order chi connectivity index (χ0) is 35.3. The van der Waals surface area contributed by atoms with Crippen molar-refractivity contribution in [1.82, 2.24) is 25.0 Å². The molecule has 49 heavy (non-hydrogen) atoms. The van der Waals surface area contributed by atoms with Crippen LogP contribution in [0.4, 0.5) is 10.5 Å². The SMILES string of the molecule is CC(C)(C)C(=N)/C=C(/NC(=O)NC1CCC(Oc2ccc(=N)n(C(=N)c3c(Cl)cccc3Cl)c2)c2ccccc21)Nc1cnn(CCO)c1. The van der Waals surface area contributed by atoms with Crippen LogP contribution in [0, 0.1) is 21.6 Å². The van der Waals surface area contributed by atoms with Crippen LogP contribution in [-0.4, -0.2) is 43.6 Å². The number of aromatic nitrogens is 3. The maximum Gasteiger partial charge on any atom is 0.320 e. The minimum absolute atomic E-state index is 0.0510. The zero-order valence-corrected chi connectivity index (χ0v) is 28.9. The van der Waals surface area contributed by atoms with Gasteiger partial charge >= 0.3 is 6.03 Å². The number of nitrogens with zero attached hydrogens (tertiary/aromatic N) is 3. The summed E-state index contributed by atoms with van der Waals surface area (Å²) in [6.45, 7) is 6.02. The maximum absolute atomic E-state index is 13.4. The van der Waals surface area contributed by atoms with Crippen LogP contribution in [0.5, 0.6) is 5.75 Å². The number of fused-ring (bicyclic) bond motifs is 1. The molecule has 0 fully saturated rings. The van der Waals surface area contributed by atoms with Crippen LogP contribution in [0.1, 0.15) is 62.4 Å². The van der Waals surface area contributed by atoms with Crippen molar-refractivity contribution in [3.05, 3.63) is 117 Å². The van der Waals surface area contributed by atoms with E-state index >= 15 is 0 Å². The lowest BCUT2D eigenvalue weighted by molar-refractivity contribution is 0.171. The number of pyridine rings is 1. The monoisotopic (exact) mass is 703 g/mol. The van der Waals surface area contributed by atoms with E-state index in [1.165, 1.54) is 4.57 Å². The standard InChI is InChI=1S/C35H39Cl2N9O3/c1-35(2,3)29(38)17-31(42-21-18-41-45(19-21)15-16-47)44-34(48)43-27-12-13-28(24-8-5-4-7-23(24)27)49-22-11-14-30(39)46(20-22)33(40)32-25(36)9-6-10-26(32)37/h4-11,14,17-20,27-28,38-40,42,47H,12-13,15-16H2,1-3H3,(H2,43,44,48)/b31-17+,38-29?,39-30?,40-33?. The Labute approximate surface area is 294 Å². The second-order valence-corrected chi connectivity index (χ2v) is 13.4. The Morgan fingerprint density at radius 1 is 1.04 bits per heavy atom. The van der Waals surface area contributed by atoms with Crippen LogP contribution in [0.15, 0.2) is 85.1 Å². The van der Waals surface area contributed by atoms with Crippen molar-refractivity contribution in [2.75, 3.05) is 11.9 Å². The number of aliphatic hydroxyl groups is 1. The molecule has 2 aromatic heterocycles. The van der Waals surface area contributed by atoms with Gasteiger partial charge in [-0.1, -0.05) is 74.3 Å². The Kier molecular flexibility index (Phi) is 10.9. The van der Waals surface area contributed by atoms with Crippen molar-refractivity contribution in [3.8, 4) is 5.75 Å². The van der Waals surface area contributed by atoms with E-state index in [0.717, 1.165) is 11.1 Å². The number of halogens is 2. The van der Waals surface area contributed by atoms with Gasteiger partial charge in [0, 0.05) is 23.4 Å². The highest BCUT2D eigenvalue weighted by Crippen LogP contribution is 2.38. The van der Waals surface area contributed by atoms with Gasteiger partial charge in [0.1, 0.15) is 29.0 Å². The van der Waals surface area contributed by atoms with Gasteiger partial charge < -0.3 is 25.9 Å². The first-order valence-corrected chi connectivity index (χ1v) is 16.4. The van der Waals surface area contributed by atoms with Crippen molar-refractivity contribution in [2.24, 2.45) is 5.41 Å². The maximum atomic E-state index is 13.4. The summed E-state index contributed by atoms with van der Waals surface area (Å²) in [4.78, 5) is 13.4. The molecule has 4 aromatic rings. The number of hydrogen-bond acceptors (Lipinski definition) is 8. The molecule has 2 atom stereocenters. The van der Waals surface area contributed by atoms with E-state index in [-0.39, 0.29) is 30.1 Å². The lowest BCUT2D eigenvalue weighted by Crippen LogP contribution is -2.41. The highest BCUT2D eigenvalue weighted by molar-refractivity contribution is 6.40. The van der Waals surface area contributed by atoms with Crippen LogP contribution in [0.25, 0.3) is 0 Å². The molecule has 2 aromatic carbocycles. The largest absolute Gasteiger partial charge is 0.484 e. The fourth-order valence-corrected chi connectivity index (χ4v) is 5.93. The van der Waals surface area contributed by atoms with E-state index in [0.29, 0.717) is 58.0 Å². The summed E-state index contributed by atoms with van der Waals surface area (Å²) in [5, 5.41) is 48.8. The van der Waals surface area contributed by atoms with Crippen LogP contribution < -0.4 is 26.2 Å². The number of rotatable bonds is 10. The highest BCUT2D eigenvalue weighted by atomic mass is 35.5. The number of hydrogen-bond donors (Lipinski definition) is 7. The number of nitrogens with one attached hydrogen (secondary N) is 6. The summed E-state index contributed by atoms with van der Waals surface area (Å²) in [7, 11) is 0. The van der Waals surface area contributed by atoms with Gasteiger partial charge in [-0.3, -0.25) is 25.4 Å². The number of benzene rings is 2. The van der Waals surface area contributed by atoms with Gasteiger partial charge in [0.2, 0.25) is 0 Å². The molecule has 2 unspecified atom stereocenters. The molecule has 0 radical (unpaired) electrons. The Balaban J connectivity index is 1.32. The molecule has 0 bridgehead atoms. The normalized spacial score (nSPS) is 16.0. The van der Waals surface area contributed by atoms with Gasteiger partial charge in [-0.05, 0) is 48.2 Å². The summed E-state index contributed by atoms with van der Waals surface area (Å²) in [5.41, 5.74) is 2.64. The molecule has 14 heteroatoms. The molecule has 0 aliphatic heterocycles. The third kappa shape index (κ3) is 8.58. The molecule has 0 saturated heterocycles. The number of allylic oxidation sites excluding steroid dienone is 1. The first-order valence-electron chi connectivity index (χ1n) is 15.7. The number of carbonyl (C=O) groups is 1. The summed E-state index contributed by atoms with van der Waals surface area (Å²) >= 11 is 12.7. The van der Waals surface area contributed by atoms with E-state index in [1.807, 2.05) is 45.0 Å². The first-order chi connectivity index (χ1) is 23.3. The minimum Gasteiger partial charge on any atom is -0.484 e. The van der Waals surface area contributed by atoms with Gasteiger partial charge in [-0.25, -0.2) is 4.79 Å². The molecule has 12 nitrogen and oxygen atoms in total. The average molecular weight is 705 g/mol.